The van der Waals surface area contributed by atoms with E-state index < -0.39 is 0 Å². The van der Waals surface area contributed by atoms with Gasteiger partial charge in [-0.1, -0.05) is 6.58 Å². The normalized spacial score (nSPS) is 12.0. The summed E-state index contributed by atoms with van der Waals surface area (Å²) >= 11 is 0. The van der Waals surface area contributed by atoms with E-state index in [1.807, 2.05) is 0 Å². The first-order valence-electron chi connectivity index (χ1n) is 4.21. The van der Waals surface area contributed by atoms with Gasteiger partial charge in [0.25, 0.3) is 5.91 Å². The van der Waals surface area contributed by atoms with Crippen LogP contribution < -0.4 is 0 Å². The third-order valence-electron chi connectivity index (χ3n) is 1.40. The van der Waals surface area contributed by atoms with Crippen molar-refractivity contribution in [1.29, 1.82) is 0 Å². The standard InChI is InChI=1S/C9H18N3O/c1-8(2)9(13)11-10-6-7-12(3,4)5/h1,6-7H2,2-5H3/q+1. The van der Waals surface area contributed by atoms with Crippen LogP contribution in [0.15, 0.2) is 22.4 Å². The summed E-state index contributed by atoms with van der Waals surface area (Å²) in [4.78, 5) is 10.9. The molecule has 13 heavy (non-hydrogen) atoms. The first kappa shape index (κ1) is 12.0. The van der Waals surface area contributed by atoms with Crippen LogP contribution in [0.25, 0.3) is 0 Å². The van der Waals surface area contributed by atoms with Gasteiger partial charge in [0.1, 0.15) is 6.54 Å². The van der Waals surface area contributed by atoms with Crippen molar-refractivity contribution < 1.29 is 9.28 Å². The summed E-state index contributed by atoms with van der Waals surface area (Å²) in [6.07, 6.45) is 0. The van der Waals surface area contributed by atoms with Gasteiger partial charge < -0.3 is 4.48 Å². The van der Waals surface area contributed by atoms with E-state index in [0.717, 1.165) is 11.0 Å². The van der Waals surface area contributed by atoms with Gasteiger partial charge in [-0.2, -0.15) is 5.11 Å². The zero-order valence-corrected chi connectivity index (χ0v) is 8.87. The number of azo groups is 1. The summed E-state index contributed by atoms with van der Waals surface area (Å²) in [5, 5.41) is 7.28. The maximum atomic E-state index is 10.9. The largest absolute Gasteiger partial charge is 0.329 e. The van der Waals surface area contributed by atoms with Crippen LogP contribution in [-0.2, 0) is 4.79 Å². The van der Waals surface area contributed by atoms with Crippen LogP contribution >= 0.6 is 0 Å². The molecule has 0 aromatic carbocycles. The minimum Gasteiger partial charge on any atom is -0.329 e. The number of likely N-dealkylation sites (N-methyl/N-ethyl adjacent to an activating group) is 1. The molecule has 0 spiro atoms. The summed E-state index contributed by atoms with van der Waals surface area (Å²) in [6, 6.07) is 0. The van der Waals surface area contributed by atoms with Crippen LogP contribution in [0.4, 0.5) is 0 Å². The minimum absolute atomic E-state index is 0.332. The second kappa shape index (κ2) is 4.87. The zero-order valence-electron chi connectivity index (χ0n) is 8.87. The highest BCUT2D eigenvalue weighted by Gasteiger charge is 2.05. The Morgan fingerprint density at radius 1 is 1.38 bits per heavy atom. The SMILES string of the molecule is C=C(C)C(=O)N=NCC[N+](C)(C)C. The molecular weight excluding hydrogens is 166 g/mol. The maximum Gasteiger partial charge on any atom is 0.290 e. The molecule has 0 aromatic heterocycles. The average molecular weight is 184 g/mol. The van der Waals surface area contributed by atoms with Crippen LogP contribution in [0.3, 0.4) is 0 Å². The van der Waals surface area contributed by atoms with Crippen LogP contribution in [0.1, 0.15) is 6.92 Å². The van der Waals surface area contributed by atoms with Crippen molar-refractivity contribution in [3.8, 4) is 0 Å². The van der Waals surface area contributed by atoms with Crippen molar-refractivity contribution in [3.63, 3.8) is 0 Å². The number of rotatable bonds is 4. The molecule has 4 nitrogen and oxygen atoms in total. The Hall–Kier alpha value is -1.03. The van der Waals surface area contributed by atoms with Crippen molar-refractivity contribution in [2.75, 3.05) is 34.2 Å². The summed E-state index contributed by atoms with van der Waals surface area (Å²) in [6.45, 7) is 6.54. The summed E-state index contributed by atoms with van der Waals surface area (Å²) in [5.41, 5.74) is 0.425. The maximum absolute atomic E-state index is 10.9. The van der Waals surface area contributed by atoms with Crippen LogP contribution in [0.5, 0.6) is 0 Å². The molecule has 0 aliphatic rings. The highest BCUT2D eigenvalue weighted by atomic mass is 16.1. The Bertz CT molecular complexity index is 226. The van der Waals surface area contributed by atoms with Crippen molar-refractivity contribution in [3.05, 3.63) is 12.2 Å². The third kappa shape index (κ3) is 7.33. The lowest BCUT2D eigenvalue weighted by atomic mass is 10.3. The number of amides is 1. The molecule has 0 aromatic rings. The van der Waals surface area contributed by atoms with Gasteiger partial charge >= 0.3 is 0 Å². The topological polar surface area (TPSA) is 41.8 Å². The van der Waals surface area contributed by atoms with Crippen molar-refractivity contribution in [2.24, 2.45) is 10.2 Å². The van der Waals surface area contributed by atoms with E-state index in [2.05, 4.69) is 38.0 Å². The lowest BCUT2D eigenvalue weighted by Crippen LogP contribution is -2.36. The van der Waals surface area contributed by atoms with Crippen LogP contribution in [0.2, 0.25) is 0 Å². The molecule has 0 atom stereocenters. The third-order valence-corrected chi connectivity index (χ3v) is 1.40. The molecule has 0 aliphatic heterocycles. The van der Waals surface area contributed by atoms with E-state index >= 15 is 0 Å². The Labute approximate surface area is 79.5 Å². The molecule has 0 radical (unpaired) electrons. The molecule has 74 valence electrons. The van der Waals surface area contributed by atoms with E-state index in [9.17, 15) is 4.79 Å². The van der Waals surface area contributed by atoms with Gasteiger partial charge in [-0.15, -0.1) is 5.11 Å². The van der Waals surface area contributed by atoms with Gasteiger partial charge in [0.05, 0.1) is 27.7 Å². The highest BCUT2D eigenvalue weighted by Crippen LogP contribution is 1.93. The summed E-state index contributed by atoms with van der Waals surface area (Å²) in [5.74, 6) is -0.332. The van der Waals surface area contributed by atoms with E-state index in [1.54, 1.807) is 6.92 Å². The molecule has 1 amide bonds. The van der Waals surface area contributed by atoms with Crippen molar-refractivity contribution >= 4 is 5.91 Å². The predicted octanol–water partition coefficient (Wildman–Crippen LogP) is 1.25. The molecule has 0 bridgehead atoms. The summed E-state index contributed by atoms with van der Waals surface area (Å²) in [7, 11) is 6.20. The van der Waals surface area contributed by atoms with E-state index in [1.165, 1.54) is 0 Å². The van der Waals surface area contributed by atoms with E-state index in [-0.39, 0.29) is 5.91 Å². The molecule has 0 rings (SSSR count). The molecule has 4 heteroatoms. The summed E-state index contributed by atoms with van der Waals surface area (Å²) < 4.78 is 0.820. The molecule has 0 saturated heterocycles. The van der Waals surface area contributed by atoms with Gasteiger partial charge in [-0.25, -0.2) is 0 Å². The first-order valence-corrected chi connectivity index (χ1v) is 4.21. The Morgan fingerprint density at radius 2 is 1.92 bits per heavy atom. The van der Waals surface area contributed by atoms with Crippen molar-refractivity contribution in [1.82, 2.24) is 0 Å². The highest BCUT2D eigenvalue weighted by molar-refractivity contribution is 5.92. The molecule has 0 N–H and O–H groups in total. The van der Waals surface area contributed by atoms with Gasteiger partial charge in [0.2, 0.25) is 0 Å². The number of hydrogen-bond acceptors (Lipinski definition) is 2. The molecular formula is C9H18N3O+. The monoisotopic (exact) mass is 184 g/mol. The van der Waals surface area contributed by atoms with Gasteiger partial charge in [0.15, 0.2) is 0 Å². The molecule has 0 fully saturated rings. The second-order valence-electron chi connectivity index (χ2n) is 4.06. The van der Waals surface area contributed by atoms with Crippen LogP contribution in [-0.4, -0.2) is 44.6 Å². The fourth-order valence-corrected chi connectivity index (χ4v) is 0.544. The average Bonchev–Trinajstić information content (AvgIpc) is 1.95. The lowest BCUT2D eigenvalue weighted by molar-refractivity contribution is -0.868. The smallest absolute Gasteiger partial charge is 0.290 e. The first-order chi connectivity index (χ1) is 5.83. The van der Waals surface area contributed by atoms with E-state index in [0.29, 0.717) is 12.1 Å². The van der Waals surface area contributed by atoms with Gasteiger partial charge in [-0.3, -0.25) is 4.79 Å². The van der Waals surface area contributed by atoms with Crippen LogP contribution in [0, 0.1) is 0 Å². The zero-order chi connectivity index (χ0) is 10.5. The number of quaternary nitrogens is 1. The Morgan fingerprint density at radius 3 is 2.31 bits per heavy atom. The molecule has 0 heterocycles. The fourth-order valence-electron chi connectivity index (χ4n) is 0.544. The number of hydrogen-bond donors (Lipinski definition) is 0. The van der Waals surface area contributed by atoms with E-state index in [4.69, 9.17) is 0 Å². The Balaban J connectivity index is 3.77. The van der Waals surface area contributed by atoms with Gasteiger partial charge in [0, 0.05) is 5.57 Å². The number of carbonyl (C=O) groups excluding carboxylic acids is 1. The molecule has 0 saturated carbocycles. The number of nitrogens with zero attached hydrogens (tertiary/aromatic N) is 3. The van der Waals surface area contributed by atoms with Gasteiger partial charge in [-0.05, 0) is 6.92 Å². The minimum atomic E-state index is -0.332. The molecule has 0 unspecified atom stereocenters. The second-order valence-corrected chi connectivity index (χ2v) is 4.06. The number of carbonyl (C=O) groups is 1. The molecule has 0 aliphatic carbocycles. The Kier molecular flexibility index (Phi) is 4.48. The predicted molar refractivity (Wildman–Crippen MR) is 52.4 cm³/mol. The van der Waals surface area contributed by atoms with Crippen molar-refractivity contribution in [2.45, 2.75) is 6.92 Å². The lowest BCUT2D eigenvalue weighted by Gasteiger charge is -2.22. The quantitative estimate of drug-likeness (QED) is 0.368. The fraction of sp³-hybridized carbons (Fsp3) is 0.667.